The molecule has 0 heterocycles. The second-order valence-electron chi connectivity index (χ2n) is 3.58. The Bertz CT molecular complexity index is 469. The summed E-state index contributed by atoms with van der Waals surface area (Å²) in [7, 11) is 0. The fourth-order valence-electron chi connectivity index (χ4n) is 1.31. The van der Waals surface area contributed by atoms with Gasteiger partial charge in [-0.25, -0.2) is 4.79 Å². The molecule has 1 atom stereocenters. The normalized spacial score (nSPS) is 11.6. The van der Waals surface area contributed by atoms with Crippen molar-refractivity contribution in [1.82, 2.24) is 5.32 Å². The molecule has 1 rings (SSSR count). The fraction of sp³-hybridized carbons (Fsp3) is 0.273. The highest BCUT2D eigenvalue weighted by Gasteiger charge is 2.18. The number of rotatable bonds is 5. The third-order valence-electron chi connectivity index (χ3n) is 2.35. The Morgan fingerprint density at radius 3 is 2.33 bits per heavy atom. The molecule has 0 aromatic heterocycles. The van der Waals surface area contributed by atoms with Crippen molar-refractivity contribution in [3.63, 3.8) is 0 Å². The summed E-state index contributed by atoms with van der Waals surface area (Å²) in [5, 5.41) is 21.5. The molecule has 0 radical (unpaired) electrons. The number of nitrogens with one attached hydrogen (secondary N) is 1. The van der Waals surface area contributed by atoms with E-state index < -0.39 is 22.8 Å². The average molecular weight is 252 g/mol. The van der Waals surface area contributed by atoms with Crippen LogP contribution in [0.25, 0.3) is 0 Å². The van der Waals surface area contributed by atoms with Crippen molar-refractivity contribution < 1.29 is 19.6 Å². The fourth-order valence-corrected chi connectivity index (χ4v) is 1.31. The molecule has 0 unspecified atom stereocenters. The Morgan fingerprint density at radius 2 is 1.94 bits per heavy atom. The Kier molecular flexibility index (Phi) is 4.36. The van der Waals surface area contributed by atoms with Crippen molar-refractivity contribution in [2.75, 3.05) is 0 Å². The number of carbonyl (C=O) groups excluding carboxylic acids is 1. The molecule has 0 aliphatic heterocycles. The van der Waals surface area contributed by atoms with Gasteiger partial charge < -0.3 is 10.4 Å². The van der Waals surface area contributed by atoms with Crippen LogP contribution < -0.4 is 5.32 Å². The van der Waals surface area contributed by atoms with Gasteiger partial charge in [-0.3, -0.25) is 14.9 Å². The molecule has 1 aromatic carbocycles. The highest BCUT2D eigenvalue weighted by Crippen LogP contribution is 2.12. The van der Waals surface area contributed by atoms with Crippen LogP contribution in [-0.4, -0.2) is 27.9 Å². The van der Waals surface area contributed by atoms with E-state index in [1.54, 1.807) is 6.92 Å². The Hall–Kier alpha value is -2.44. The lowest BCUT2D eigenvalue weighted by molar-refractivity contribution is -0.384. The van der Waals surface area contributed by atoms with E-state index in [9.17, 15) is 19.7 Å². The minimum Gasteiger partial charge on any atom is -0.480 e. The van der Waals surface area contributed by atoms with Crippen LogP contribution in [0.1, 0.15) is 23.7 Å². The van der Waals surface area contributed by atoms with Gasteiger partial charge in [0.2, 0.25) is 0 Å². The molecule has 1 aromatic rings. The van der Waals surface area contributed by atoms with Crippen LogP contribution in [0, 0.1) is 10.1 Å². The predicted molar refractivity (Wildman–Crippen MR) is 62.3 cm³/mol. The number of aliphatic carboxylic acids is 1. The lowest BCUT2D eigenvalue weighted by Crippen LogP contribution is -2.40. The summed E-state index contributed by atoms with van der Waals surface area (Å²) in [6.45, 7) is 1.63. The topological polar surface area (TPSA) is 110 Å². The zero-order chi connectivity index (χ0) is 13.7. The van der Waals surface area contributed by atoms with Gasteiger partial charge in [0.05, 0.1) is 4.92 Å². The minimum absolute atomic E-state index is 0.128. The van der Waals surface area contributed by atoms with E-state index in [1.807, 2.05) is 0 Å². The van der Waals surface area contributed by atoms with Gasteiger partial charge in [-0.2, -0.15) is 0 Å². The predicted octanol–water partition coefficient (Wildman–Crippen LogP) is 1.19. The van der Waals surface area contributed by atoms with E-state index in [0.29, 0.717) is 0 Å². The number of amides is 1. The monoisotopic (exact) mass is 252 g/mol. The number of benzene rings is 1. The van der Waals surface area contributed by atoms with Crippen LogP contribution in [0.4, 0.5) is 5.69 Å². The van der Waals surface area contributed by atoms with E-state index in [1.165, 1.54) is 24.3 Å². The number of carboxylic acids is 1. The number of hydrogen-bond acceptors (Lipinski definition) is 4. The lowest BCUT2D eigenvalue weighted by Gasteiger charge is -2.11. The molecule has 0 fully saturated rings. The van der Waals surface area contributed by atoms with Gasteiger partial charge in [-0.1, -0.05) is 6.92 Å². The Labute approximate surface area is 103 Å². The van der Waals surface area contributed by atoms with E-state index in [0.717, 1.165) is 0 Å². The number of nitrogens with zero attached hydrogens (tertiary/aromatic N) is 1. The third-order valence-corrected chi connectivity index (χ3v) is 2.35. The van der Waals surface area contributed by atoms with Crippen LogP contribution in [0.2, 0.25) is 0 Å². The first-order valence-electron chi connectivity index (χ1n) is 5.23. The molecule has 0 aliphatic rings. The molecule has 7 heteroatoms. The van der Waals surface area contributed by atoms with Crippen LogP contribution in [0.15, 0.2) is 24.3 Å². The summed E-state index contributed by atoms with van der Waals surface area (Å²) in [4.78, 5) is 32.2. The van der Waals surface area contributed by atoms with Crippen molar-refractivity contribution in [3.8, 4) is 0 Å². The van der Waals surface area contributed by atoms with Gasteiger partial charge >= 0.3 is 5.97 Å². The second kappa shape index (κ2) is 5.76. The second-order valence-corrected chi connectivity index (χ2v) is 3.58. The molecule has 7 nitrogen and oxygen atoms in total. The molecule has 18 heavy (non-hydrogen) atoms. The van der Waals surface area contributed by atoms with Crippen LogP contribution in [0.5, 0.6) is 0 Å². The van der Waals surface area contributed by atoms with Crippen LogP contribution in [-0.2, 0) is 4.79 Å². The van der Waals surface area contributed by atoms with Gasteiger partial charge in [-0.05, 0) is 18.6 Å². The smallest absolute Gasteiger partial charge is 0.326 e. The van der Waals surface area contributed by atoms with Crippen LogP contribution in [0.3, 0.4) is 0 Å². The first kappa shape index (κ1) is 13.6. The SMILES string of the molecule is CC[C@H](NC(=O)c1ccc([N+](=O)[O-])cc1)C(=O)O. The molecule has 0 spiro atoms. The molecular formula is C11H12N2O5. The lowest BCUT2D eigenvalue weighted by atomic mass is 10.1. The number of non-ortho nitro benzene ring substituents is 1. The quantitative estimate of drug-likeness (QED) is 0.604. The molecule has 0 bridgehead atoms. The number of hydrogen-bond donors (Lipinski definition) is 2. The zero-order valence-electron chi connectivity index (χ0n) is 9.62. The van der Waals surface area contributed by atoms with Crippen molar-refractivity contribution in [1.29, 1.82) is 0 Å². The molecule has 0 aliphatic carbocycles. The summed E-state index contributed by atoms with van der Waals surface area (Å²) in [6, 6.07) is 3.98. The van der Waals surface area contributed by atoms with Crippen molar-refractivity contribution in [2.45, 2.75) is 19.4 Å². The van der Waals surface area contributed by atoms with Gasteiger partial charge in [0.1, 0.15) is 6.04 Å². The van der Waals surface area contributed by atoms with Crippen molar-refractivity contribution in [3.05, 3.63) is 39.9 Å². The number of carbonyl (C=O) groups is 2. The number of nitro benzene ring substituents is 1. The molecule has 0 saturated carbocycles. The summed E-state index contributed by atoms with van der Waals surface area (Å²) < 4.78 is 0. The number of carboxylic acid groups (broad SMARTS) is 1. The van der Waals surface area contributed by atoms with E-state index >= 15 is 0 Å². The van der Waals surface area contributed by atoms with E-state index in [2.05, 4.69) is 5.32 Å². The summed E-state index contributed by atoms with van der Waals surface area (Å²) >= 11 is 0. The Balaban J connectivity index is 2.78. The molecule has 96 valence electrons. The van der Waals surface area contributed by atoms with E-state index in [4.69, 9.17) is 5.11 Å². The average Bonchev–Trinajstić information content (AvgIpc) is 2.35. The Morgan fingerprint density at radius 1 is 1.39 bits per heavy atom. The molecule has 2 N–H and O–H groups in total. The van der Waals surface area contributed by atoms with Gasteiger partial charge in [-0.15, -0.1) is 0 Å². The largest absolute Gasteiger partial charge is 0.480 e. The molecule has 0 saturated heterocycles. The maximum Gasteiger partial charge on any atom is 0.326 e. The maximum absolute atomic E-state index is 11.7. The highest BCUT2D eigenvalue weighted by molar-refractivity contribution is 5.96. The standard InChI is InChI=1S/C11H12N2O5/c1-2-9(11(15)16)12-10(14)7-3-5-8(6-4-7)13(17)18/h3-6,9H,2H2,1H3,(H,12,14)(H,15,16)/t9-/m0/s1. The van der Waals surface area contributed by atoms with Crippen molar-refractivity contribution >= 4 is 17.6 Å². The number of nitro groups is 1. The highest BCUT2D eigenvalue weighted by atomic mass is 16.6. The van der Waals surface area contributed by atoms with Crippen molar-refractivity contribution in [2.24, 2.45) is 0 Å². The van der Waals surface area contributed by atoms with Gasteiger partial charge in [0.15, 0.2) is 0 Å². The summed E-state index contributed by atoms with van der Waals surface area (Å²) in [5.41, 5.74) is 0.0529. The summed E-state index contributed by atoms with van der Waals surface area (Å²) in [6.07, 6.45) is 0.258. The minimum atomic E-state index is -1.12. The zero-order valence-corrected chi connectivity index (χ0v) is 9.62. The first-order chi connectivity index (χ1) is 8.45. The molecule has 1 amide bonds. The molecular weight excluding hydrogens is 240 g/mol. The third kappa shape index (κ3) is 3.27. The first-order valence-corrected chi connectivity index (χ1v) is 5.23. The van der Waals surface area contributed by atoms with Crippen LogP contribution >= 0.6 is 0 Å². The van der Waals surface area contributed by atoms with Gasteiger partial charge in [0.25, 0.3) is 11.6 Å². The van der Waals surface area contributed by atoms with Gasteiger partial charge in [0, 0.05) is 17.7 Å². The maximum atomic E-state index is 11.7. The van der Waals surface area contributed by atoms with E-state index in [-0.39, 0.29) is 17.7 Å². The summed E-state index contributed by atoms with van der Waals surface area (Å²) in [5.74, 6) is -1.69.